The van der Waals surface area contributed by atoms with Crippen molar-refractivity contribution in [1.82, 2.24) is 20.4 Å². The third-order valence-electron chi connectivity index (χ3n) is 4.09. The van der Waals surface area contributed by atoms with Crippen molar-refractivity contribution >= 4 is 29.9 Å². The summed E-state index contributed by atoms with van der Waals surface area (Å²) in [5, 5.41) is 7.65. The molecule has 3 N–H and O–H groups in total. The number of halogens is 2. The topological polar surface area (TPSA) is 116 Å². The summed E-state index contributed by atoms with van der Waals surface area (Å²) in [6, 6.07) is 3.31. The molecule has 1 atom stereocenters. The number of piperazine rings is 1. The Bertz CT molecular complexity index is 801. The lowest BCUT2D eigenvalue weighted by atomic mass is 10.2. The van der Waals surface area contributed by atoms with E-state index in [4.69, 9.17) is 31.3 Å². The Labute approximate surface area is 167 Å². The lowest BCUT2D eigenvalue weighted by molar-refractivity contribution is -0.119. The van der Waals surface area contributed by atoms with E-state index >= 15 is 0 Å². The Kier molecular flexibility index (Phi) is 7.25. The van der Waals surface area contributed by atoms with E-state index in [9.17, 15) is 4.79 Å². The van der Waals surface area contributed by atoms with Crippen LogP contribution in [0.2, 0.25) is 5.02 Å². The molecule has 1 aliphatic heterocycles. The Morgan fingerprint density at radius 3 is 2.96 bits per heavy atom. The first-order chi connectivity index (χ1) is 12.5. The predicted molar refractivity (Wildman–Crippen MR) is 101 cm³/mol. The van der Waals surface area contributed by atoms with Crippen molar-refractivity contribution in [2.24, 2.45) is 5.73 Å². The molecule has 2 aromatic rings. The molecular weight excluding hydrogens is 397 g/mol. The van der Waals surface area contributed by atoms with E-state index in [0.29, 0.717) is 23.0 Å². The van der Waals surface area contributed by atoms with E-state index in [-0.39, 0.29) is 35.8 Å². The van der Waals surface area contributed by atoms with Crippen molar-refractivity contribution in [3.63, 3.8) is 0 Å². The van der Waals surface area contributed by atoms with Crippen molar-refractivity contribution in [3.8, 4) is 23.0 Å². The number of nitrogens with zero attached hydrogens (tertiary/aromatic N) is 3. The molecular formula is C16H21Cl2N5O4. The Morgan fingerprint density at radius 1 is 1.52 bits per heavy atom. The molecule has 1 amide bonds. The summed E-state index contributed by atoms with van der Waals surface area (Å²) in [5.74, 6) is 0.871. The number of aromatic nitrogens is 2. The summed E-state index contributed by atoms with van der Waals surface area (Å²) in [6.07, 6.45) is 0. The smallest absolute Gasteiger partial charge is 0.258 e. The van der Waals surface area contributed by atoms with Crippen LogP contribution in [-0.4, -0.2) is 61.3 Å². The summed E-state index contributed by atoms with van der Waals surface area (Å²) in [6.45, 7) is 2.28. The maximum atomic E-state index is 10.9. The maximum absolute atomic E-state index is 10.9. The van der Waals surface area contributed by atoms with Crippen molar-refractivity contribution in [3.05, 3.63) is 23.0 Å². The first-order valence-corrected chi connectivity index (χ1v) is 8.41. The highest BCUT2D eigenvalue weighted by molar-refractivity contribution is 6.32. The number of hydrogen-bond donors (Lipinski definition) is 2. The second kappa shape index (κ2) is 9.23. The van der Waals surface area contributed by atoms with Gasteiger partial charge in [-0.05, 0) is 19.2 Å². The van der Waals surface area contributed by atoms with Gasteiger partial charge in [0.25, 0.3) is 11.8 Å². The highest BCUT2D eigenvalue weighted by Crippen LogP contribution is 2.39. The molecule has 148 valence electrons. The lowest BCUT2D eigenvalue weighted by Gasteiger charge is -2.30. The monoisotopic (exact) mass is 417 g/mol. The highest BCUT2D eigenvalue weighted by Gasteiger charge is 2.26. The van der Waals surface area contributed by atoms with Crippen LogP contribution in [0.4, 0.5) is 0 Å². The molecule has 27 heavy (non-hydrogen) atoms. The summed E-state index contributed by atoms with van der Waals surface area (Å²) in [5.41, 5.74) is 5.68. The third-order valence-corrected chi connectivity index (χ3v) is 4.37. The lowest BCUT2D eigenvalue weighted by Crippen LogP contribution is -2.44. The van der Waals surface area contributed by atoms with Gasteiger partial charge in [-0.1, -0.05) is 16.8 Å². The molecule has 0 aliphatic carbocycles. The number of carbonyl (C=O) groups excluding carboxylic acids is 1. The van der Waals surface area contributed by atoms with E-state index < -0.39 is 5.91 Å². The van der Waals surface area contributed by atoms with Gasteiger partial charge in [-0.3, -0.25) is 9.69 Å². The fourth-order valence-corrected chi connectivity index (χ4v) is 2.97. The molecule has 0 saturated carbocycles. The number of ether oxygens (including phenoxy) is 2. The van der Waals surface area contributed by atoms with Crippen LogP contribution in [0.3, 0.4) is 0 Å². The minimum absolute atomic E-state index is 0. The number of primary amides is 1. The quantitative estimate of drug-likeness (QED) is 0.721. The van der Waals surface area contributed by atoms with Gasteiger partial charge in [0.1, 0.15) is 0 Å². The van der Waals surface area contributed by atoms with Gasteiger partial charge in [-0.25, -0.2) is 0 Å². The molecule has 1 aromatic carbocycles. The maximum Gasteiger partial charge on any atom is 0.258 e. The number of carbonyl (C=O) groups is 1. The van der Waals surface area contributed by atoms with Crippen LogP contribution in [0.15, 0.2) is 16.7 Å². The normalized spacial score (nSPS) is 17.2. The van der Waals surface area contributed by atoms with Gasteiger partial charge in [0.15, 0.2) is 23.9 Å². The predicted octanol–water partition coefficient (Wildman–Crippen LogP) is 1.26. The molecule has 0 bridgehead atoms. The van der Waals surface area contributed by atoms with Crippen molar-refractivity contribution < 1.29 is 18.8 Å². The van der Waals surface area contributed by atoms with E-state index in [1.54, 1.807) is 12.1 Å². The molecule has 1 aliphatic rings. The molecule has 1 saturated heterocycles. The summed E-state index contributed by atoms with van der Waals surface area (Å²) in [4.78, 5) is 17.6. The number of methoxy groups -OCH3 is 1. The Hall–Kier alpha value is -2.07. The van der Waals surface area contributed by atoms with E-state index in [1.165, 1.54) is 7.11 Å². The number of nitrogens with one attached hydrogen (secondary N) is 1. The van der Waals surface area contributed by atoms with Gasteiger partial charge in [0.2, 0.25) is 0 Å². The minimum Gasteiger partial charge on any atom is -0.493 e. The number of hydrogen-bond acceptors (Lipinski definition) is 8. The number of rotatable bonds is 6. The van der Waals surface area contributed by atoms with Gasteiger partial charge in [-0.15, -0.1) is 12.4 Å². The Morgan fingerprint density at radius 2 is 2.30 bits per heavy atom. The van der Waals surface area contributed by atoms with Crippen molar-refractivity contribution in [1.29, 1.82) is 0 Å². The highest BCUT2D eigenvalue weighted by atomic mass is 35.5. The van der Waals surface area contributed by atoms with Crippen LogP contribution in [-0.2, 0) is 4.79 Å². The van der Waals surface area contributed by atoms with Crippen LogP contribution in [0.5, 0.6) is 11.5 Å². The average Bonchev–Trinajstić information content (AvgIpc) is 3.10. The molecule has 1 fully saturated rings. The summed E-state index contributed by atoms with van der Waals surface area (Å²) in [7, 11) is 3.49. The number of likely N-dealkylation sites (N-methyl/N-ethyl adjacent to an activating group) is 1. The molecule has 0 spiro atoms. The molecule has 9 nitrogen and oxygen atoms in total. The third kappa shape index (κ3) is 4.81. The first-order valence-electron chi connectivity index (χ1n) is 8.03. The summed E-state index contributed by atoms with van der Waals surface area (Å²) < 4.78 is 16.0. The zero-order valence-electron chi connectivity index (χ0n) is 14.9. The number of amides is 1. The second-order valence-corrected chi connectivity index (χ2v) is 6.31. The molecule has 11 heteroatoms. The molecule has 3 rings (SSSR count). The number of nitrogens with two attached hydrogens (primary N) is 1. The van der Waals surface area contributed by atoms with Gasteiger partial charge in [0, 0.05) is 25.2 Å². The fraction of sp³-hybridized carbons (Fsp3) is 0.438. The van der Waals surface area contributed by atoms with Crippen molar-refractivity contribution in [2.45, 2.75) is 6.04 Å². The molecule has 0 radical (unpaired) electrons. The van der Waals surface area contributed by atoms with Crippen LogP contribution in [0.1, 0.15) is 11.9 Å². The van der Waals surface area contributed by atoms with Crippen LogP contribution >= 0.6 is 24.0 Å². The van der Waals surface area contributed by atoms with Crippen LogP contribution in [0.25, 0.3) is 11.5 Å². The second-order valence-electron chi connectivity index (χ2n) is 5.90. The van der Waals surface area contributed by atoms with Gasteiger partial charge in [-0.2, -0.15) is 4.98 Å². The largest absolute Gasteiger partial charge is 0.493 e. The van der Waals surface area contributed by atoms with Crippen LogP contribution in [0, 0.1) is 0 Å². The molecule has 1 aromatic heterocycles. The zero-order valence-corrected chi connectivity index (χ0v) is 16.5. The van der Waals surface area contributed by atoms with Gasteiger partial charge >= 0.3 is 0 Å². The van der Waals surface area contributed by atoms with Crippen LogP contribution < -0.4 is 20.5 Å². The Balaban J connectivity index is 0.00000261. The molecule has 1 unspecified atom stereocenters. The minimum atomic E-state index is -0.612. The molecule has 2 heterocycles. The fourth-order valence-electron chi connectivity index (χ4n) is 2.71. The van der Waals surface area contributed by atoms with Crippen molar-refractivity contribution in [2.75, 3.05) is 40.4 Å². The van der Waals surface area contributed by atoms with Gasteiger partial charge in [0.05, 0.1) is 18.2 Å². The van der Waals surface area contributed by atoms with E-state index in [1.807, 2.05) is 7.05 Å². The van der Waals surface area contributed by atoms with E-state index in [2.05, 4.69) is 20.4 Å². The zero-order chi connectivity index (χ0) is 18.7. The summed E-state index contributed by atoms with van der Waals surface area (Å²) >= 11 is 6.26. The standard InChI is InChI=1S/C16H20ClN5O4.ClH/c1-22-4-3-19-7-11(22)15-20-16(26-21-15)9-5-10(17)14(12(6-9)24-2)25-8-13(18)23;/h5-6,11,19H,3-4,7-8H2,1-2H3,(H2,18,23);1H. The van der Waals surface area contributed by atoms with E-state index in [0.717, 1.165) is 19.6 Å². The average molecular weight is 418 g/mol. The number of benzene rings is 1. The SMILES string of the molecule is COc1cc(-c2nc(C3CNCCN3C)no2)cc(Cl)c1OCC(N)=O.Cl. The van der Waals surface area contributed by atoms with Gasteiger partial charge < -0.3 is 25.0 Å². The first kappa shape index (κ1) is 21.2.